The highest BCUT2D eigenvalue weighted by Gasteiger charge is 2.41. The number of nitrogens with two attached hydrogens (primary N) is 1. The van der Waals surface area contributed by atoms with Gasteiger partial charge in [0.15, 0.2) is 0 Å². The molecule has 0 aromatic heterocycles. The molecule has 0 fully saturated rings. The molecule has 114 valence electrons. The molecule has 0 saturated heterocycles. The standard InChI is InChI=1S/C19H17N3O/c1-11-16-14-5-3-4-6-15(14)21-17(16)18(22(2)19(11)20)12-7-9-13(23)10-8-12/h3-10,20-21,23H,1-2H3/p+1. The summed E-state index contributed by atoms with van der Waals surface area (Å²) < 4.78 is 0. The fraction of sp³-hybridized carbons (Fsp3) is 0.105. The van der Waals surface area contributed by atoms with Crippen molar-refractivity contribution < 1.29 is 15.3 Å². The summed E-state index contributed by atoms with van der Waals surface area (Å²) in [4.78, 5) is 0.962. The predicted octanol–water partition coefficient (Wildman–Crippen LogP) is 0.617. The van der Waals surface area contributed by atoms with Crippen molar-refractivity contribution in [2.24, 2.45) is 0 Å². The molecule has 0 saturated carbocycles. The van der Waals surface area contributed by atoms with Crippen LogP contribution in [0.3, 0.4) is 0 Å². The molecular weight excluding hydrogens is 286 g/mol. The van der Waals surface area contributed by atoms with Gasteiger partial charge in [-0.25, -0.2) is 0 Å². The number of hydrogen-bond donors (Lipinski definition) is 3. The summed E-state index contributed by atoms with van der Waals surface area (Å²) >= 11 is 0. The van der Waals surface area contributed by atoms with Crippen molar-refractivity contribution in [2.75, 3.05) is 7.05 Å². The number of rotatable bonds is 1. The minimum absolute atomic E-state index is 0.00789. The van der Waals surface area contributed by atoms with Gasteiger partial charge in [-0.2, -0.15) is 0 Å². The minimum atomic E-state index is 0.00789. The molecule has 4 nitrogen and oxygen atoms in total. The number of para-hydroxylation sites is 1. The molecule has 2 aromatic carbocycles. The lowest BCUT2D eigenvalue weighted by Gasteiger charge is -2.23. The van der Waals surface area contributed by atoms with E-state index in [-0.39, 0.29) is 5.75 Å². The van der Waals surface area contributed by atoms with E-state index in [2.05, 4.69) is 17.4 Å². The van der Waals surface area contributed by atoms with Crippen LogP contribution in [0.5, 0.6) is 5.75 Å². The first kappa shape index (κ1) is 13.9. The molecule has 4 N–H and O–H groups in total. The van der Waals surface area contributed by atoms with Gasteiger partial charge in [-0.3, -0.25) is 15.6 Å². The van der Waals surface area contributed by atoms with Gasteiger partial charge in [0.25, 0.3) is 0 Å². The Morgan fingerprint density at radius 3 is 2.48 bits per heavy atom. The second-order valence-electron chi connectivity index (χ2n) is 6.04. The second kappa shape index (κ2) is 4.91. The van der Waals surface area contributed by atoms with E-state index >= 15 is 0 Å². The first-order chi connectivity index (χ1) is 11.1. The summed E-state index contributed by atoms with van der Waals surface area (Å²) in [7, 11) is 1.99. The van der Waals surface area contributed by atoms with E-state index in [1.54, 1.807) is 12.1 Å². The van der Waals surface area contributed by atoms with E-state index in [4.69, 9.17) is 5.41 Å². The molecular formula is C19H18N3O+. The van der Waals surface area contributed by atoms with Crippen LogP contribution in [0.25, 0.3) is 11.3 Å². The molecule has 0 amide bonds. The molecule has 2 aromatic rings. The third-order valence-electron chi connectivity index (χ3n) is 4.71. The lowest BCUT2D eigenvalue weighted by molar-refractivity contribution is -0.703. The highest BCUT2D eigenvalue weighted by Crippen LogP contribution is 2.36. The van der Waals surface area contributed by atoms with E-state index in [0.29, 0.717) is 5.84 Å². The highest BCUT2D eigenvalue weighted by molar-refractivity contribution is 6.08. The Labute approximate surface area is 134 Å². The smallest absolute Gasteiger partial charge is 0.227 e. The normalized spacial score (nSPS) is 19.9. The molecule has 23 heavy (non-hydrogen) atoms. The zero-order valence-corrected chi connectivity index (χ0v) is 13.1. The van der Waals surface area contributed by atoms with Crippen LogP contribution in [0.2, 0.25) is 0 Å². The van der Waals surface area contributed by atoms with Gasteiger partial charge >= 0.3 is 0 Å². The molecule has 4 rings (SSSR count). The van der Waals surface area contributed by atoms with E-state index in [9.17, 15) is 5.11 Å². The van der Waals surface area contributed by atoms with E-state index in [1.165, 1.54) is 11.3 Å². The van der Waals surface area contributed by atoms with Crippen molar-refractivity contribution in [2.45, 2.75) is 6.92 Å². The first-order valence-corrected chi connectivity index (χ1v) is 7.68. The number of nitrogens with one attached hydrogen (secondary N) is 2. The lowest BCUT2D eigenvalue weighted by atomic mass is 9.93. The van der Waals surface area contributed by atoms with Gasteiger partial charge in [-0.1, -0.05) is 24.3 Å². The van der Waals surface area contributed by atoms with Gasteiger partial charge in [0.1, 0.15) is 5.69 Å². The Morgan fingerprint density at radius 1 is 1.04 bits per heavy atom. The Balaban J connectivity index is 2.00. The van der Waals surface area contributed by atoms with E-state index in [1.807, 2.05) is 38.2 Å². The Bertz CT molecular complexity index is 891. The Kier molecular flexibility index (Phi) is 2.98. The molecule has 0 aliphatic carbocycles. The van der Waals surface area contributed by atoms with Crippen LogP contribution in [0, 0.1) is 5.41 Å². The maximum absolute atomic E-state index is 11.4. The van der Waals surface area contributed by atoms with Crippen LogP contribution in [0.1, 0.15) is 18.1 Å². The fourth-order valence-electron chi connectivity index (χ4n) is 3.55. The molecule has 0 bridgehead atoms. The van der Waals surface area contributed by atoms with Crippen LogP contribution in [-0.2, 0) is 0 Å². The molecule has 0 radical (unpaired) electrons. The number of amidine groups is 1. The maximum Gasteiger partial charge on any atom is 0.227 e. The average Bonchev–Trinajstić information content (AvgIpc) is 2.93. The average molecular weight is 304 g/mol. The number of allylic oxidation sites excluding steroid dienone is 1. The Hall–Kier alpha value is -2.69. The Morgan fingerprint density at radius 2 is 1.74 bits per heavy atom. The lowest BCUT2D eigenvalue weighted by Crippen LogP contribution is -3.10. The number of likely N-dealkylation sites (N-methyl/N-ethyl adjacent to an activating group) is 1. The number of benzene rings is 2. The summed E-state index contributed by atoms with van der Waals surface area (Å²) in [6.07, 6.45) is 0. The molecule has 2 aliphatic heterocycles. The third kappa shape index (κ3) is 1.96. The van der Waals surface area contributed by atoms with Crippen LogP contribution in [0.4, 0.5) is 5.69 Å². The monoisotopic (exact) mass is 304 g/mol. The third-order valence-corrected chi connectivity index (χ3v) is 4.71. The number of quaternary nitrogens is 2. The number of hydrogen-bond acceptors (Lipinski definition) is 2. The van der Waals surface area contributed by atoms with E-state index in [0.717, 1.165) is 33.0 Å². The summed E-state index contributed by atoms with van der Waals surface area (Å²) in [6.45, 7) is 2.02. The van der Waals surface area contributed by atoms with Crippen LogP contribution < -0.4 is 15.3 Å². The first-order valence-electron chi connectivity index (χ1n) is 7.68. The molecule has 2 heterocycles. The SMILES string of the molecule is CC1=C2C(=C(c3ccc([O-])cc3)[NH+](C)C1=N)[NH2+]c1ccccc12. The summed E-state index contributed by atoms with van der Waals surface area (Å²) in [5.41, 5.74) is 7.77. The minimum Gasteiger partial charge on any atom is -0.872 e. The molecule has 2 aliphatic rings. The van der Waals surface area contributed by atoms with Gasteiger partial charge in [0.2, 0.25) is 17.2 Å². The van der Waals surface area contributed by atoms with Gasteiger partial charge < -0.3 is 5.11 Å². The summed E-state index contributed by atoms with van der Waals surface area (Å²) in [6, 6.07) is 15.2. The quantitative estimate of drug-likeness (QED) is 0.664. The fourth-order valence-corrected chi connectivity index (χ4v) is 3.55. The van der Waals surface area contributed by atoms with Crippen LogP contribution >= 0.6 is 0 Å². The zero-order chi connectivity index (χ0) is 16.1. The maximum atomic E-state index is 11.4. The molecule has 0 spiro atoms. The van der Waals surface area contributed by atoms with Crippen molar-refractivity contribution in [3.8, 4) is 5.75 Å². The van der Waals surface area contributed by atoms with Crippen LogP contribution in [-0.4, -0.2) is 12.9 Å². The largest absolute Gasteiger partial charge is 0.872 e. The van der Waals surface area contributed by atoms with Crippen molar-refractivity contribution in [3.63, 3.8) is 0 Å². The molecule has 1 unspecified atom stereocenters. The molecule has 1 atom stereocenters. The van der Waals surface area contributed by atoms with E-state index < -0.39 is 0 Å². The van der Waals surface area contributed by atoms with Crippen molar-refractivity contribution in [1.82, 2.24) is 0 Å². The number of fused-ring (bicyclic) bond motifs is 3. The van der Waals surface area contributed by atoms with Crippen molar-refractivity contribution >= 4 is 22.8 Å². The van der Waals surface area contributed by atoms with Gasteiger partial charge in [0.05, 0.1) is 12.6 Å². The van der Waals surface area contributed by atoms with Gasteiger partial charge in [0, 0.05) is 22.8 Å². The summed E-state index contributed by atoms with van der Waals surface area (Å²) in [5.74, 6) is 0.587. The molecule has 4 heteroatoms. The second-order valence-corrected chi connectivity index (χ2v) is 6.04. The van der Waals surface area contributed by atoms with Crippen molar-refractivity contribution in [3.05, 3.63) is 70.9 Å². The zero-order valence-electron chi connectivity index (χ0n) is 13.1. The topological polar surface area (TPSA) is 68.0 Å². The summed E-state index contributed by atoms with van der Waals surface area (Å²) in [5, 5.41) is 22.1. The highest BCUT2D eigenvalue weighted by atomic mass is 16.3. The predicted molar refractivity (Wildman–Crippen MR) is 88.0 cm³/mol. The van der Waals surface area contributed by atoms with Gasteiger partial charge in [-0.05, 0) is 25.1 Å². The van der Waals surface area contributed by atoms with Gasteiger partial charge in [-0.15, -0.1) is 5.75 Å². The van der Waals surface area contributed by atoms with Crippen LogP contribution in [0.15, 0.2) is 59.8 Å². The van der Waals surface area contributed by atoms with Crippen molar-refractivity contribution in [1.29, 1.82) is 5.41 Å².